The van der Waals surface area contributed by atoms with Gasteiger partial charge in [-0.1, -0.05) is 7.43 Å². The smallest absolute Gasteiger partial charge is 0.255 e. The number of primary amides is 1. The van der Waals surface area contributed by atoms with Crippen molar-refractivity contribution < 1.29 is 34.8 Å². The number of ketones is 2. The second kappa shape index (κ2) is 9.25. The van der Waals surface area contributed by atoms with Crippen LogP contribution in [0.1, 0.15) is 38.8 Å². The summed E-state index contributed by atoms with van der Waals surface area (Å²) in [7, 11) is 3.15. The van der Waals surface area contributed by atoms with Crippen molar-refractivity contribution in [1.82, 2.24) is 4.90 Å². The molecule has 0 bridgehead atoms. The standard InChI is InChI=1S/C25H31N3O7.CH4/c1-5-28(6-2)14-7-8-15(29)17-12(14)9-11-10-13-19(27(3)4)21(31)18(24(26)34)23(33)25(13,35)22(32)16(11)20(17)30;/h7-8,11,13,19,29-30,33,35H,5-6,9-10H2,1-4H3,(H2,26,34);1H4/t11-,13-,19-,25-;/m0./s1. The number of likely N-dealkylation sites (N-methyl/N-ethyl adjacent to an activating group) is 1. The number of anilines is 1. The second-order valence-electron chi connectivity index (χ2n) is 9.59. The molecule has 196 valence electrons. The number of nitrogens with two attached hydrogens (primary N) is 1. The van der Waals surface area contributed by atoms with Crippen molar-refractivity contribution in [2.24, 2.45) is 17.6 Å². The van der Waals surface area contributed by atoms with E-state index in [0.29, 0.717) is 18.7 Å². The summed E-state index contributed by atoms with van der Waals surface area (Å²) in [6, 6.07) is 2.11. The van der Waals surface area contributed by atoms with Crippen LogP contribution in [0.15, 0.2) is 29.0 Å². The first-order valence-electron chi connectivity index (χ1n) is 11.7. The van der Waals surface area contributed by atoms with E-state index in [0.717, 1.165) is 5.69 Å². The zero-order valence-electron chi connectivity index (χ0n) is 20.2. The van der Waals surface area contributed by atoms with Gasteiger partial charge >= 0.3 is 0 Å². The highest BCUT2D eigenvalue weighted by atomic mass is 16.3. The first-order chi connectivity index (χ1) is 16.4. The summed E-state index contributed by atoms with van der Waals surface area (Å²) < 4.78 is 0. The number of nitrogens with zero attached hydrogens (tertiary/aromatic N) is 2. The number of Topliss-reactive ketones (excluding diaryl/α,β-unsaturated/α-hetero) is 2. The Morgan fingerprint density at radius 2 is 1.75 bits per heavy atom. The molecule has 0 heterocycles. The minimum atomic E-state index is -2.63. The van der Waals surface area contributed by atoms with E-state index in [1.165, 1.54) is 11.0 Å². The van der Waals surface area contributed by atoms with Gasteiger partial charge in [-0.15, -0.1) is 0 Å². The van der Waals surface area contributed by atoms with Crippen LogP contribution in [0.5, 0.6) is 5.75 Å². The van der Waals surface area contributed by atoms with Gasteiger partial charge in [-0.05, 0) is 64.4 Å². The number of amides is 1. The van der Waals surface area contributed by atoms with E-state index in [1.807, 2.05) is 13.8 Å². The summed E-state index contributed by atoms with van der Waals surface area (Å²) in [5.74, 6) is -6.49. The fraction of sp³-hybridized carbons (Fsp3) is 0.500. The highest BCUT2D eigenvalue weighted by molar-refractivity contribution is 6.24. The van der Waals surface area contributed by atoms with Gasteiger partial charge in [0.15, 0.2) is 11.4 Å². The van der Waals surface area contributed by atoms with Gasteiger partial charge in [0.1, 0.15) is 22.8 Å². The molecule has 0 spiro atoms. The number of carbonyl (C=O) groups excluding carboxylic acids is 3. The first kappa shape index (κ1) is 27.2. The first-order valence-corrected chi connectivity index (χ1v) is 11.7. The number of rotatable bonds is 5. The molecule has 1 saturated carbocycles. The Morgan fingerprint density at radius 3 is 2.28 bits per heavy atom. The third kappa shape index (κ3) is 3.50. The maximum absolute atomic E-state index is 13.8. The molecule has 1 aromatic carbocycles. The third-order valence-electron chi connectivity index (χ3n) is 7.68. The van der Waals surface area contributed by atoms with Crippen molar-refractivity contribution in [3.63, 3.8) is 0 Å². The predicted octanol–water partition coefficient (Wildman–Crippen LogP) is 1.45. The number of aliphatic hydroxyl groups is 3. The number of hydrogen-bond acceptors (Lipinski definition) is 9. The molecule has 3 aliphatic carbocycles. The zero-order valence-corrected chi connectivity index (χ0v) is 20.2. The van der Waals surface area contributed by atoms with E-state index in [9.17, 15) is 34.8 Å². The maximum Gasteiger partial charge on any atom is 0.255 e. The lowest BCUT2D eigenvalue weighted by molar-refractivity contribution is -0.153. The Kier molecular flexibility index (Phi) is 7.00. The summed E-state index contributed by atoms with van der Waals surface area (Å²) in [4.78, 5) is 42.5. The molecule has 6 N–H and O–H groups in total. The van der Waals surface area contributed by atoms with Gasteiger partial charge < -0.3 is 31.1 Å². The van der Waals surface area contributed by atoms with Crippen LogP contribution >= 0.6 is 0 Å². The van der Waals surface area contributed by atoms with Crippen LogP contribution in [0.25, 0.3) is 5.76 Å². The fourth-order valence-corrected chi connectivity index (χ4v) is 6.09. The molecule has 0 saturated heterocycles. The summed E-state index contributed by atoms with van der Waals surface area (Å²) in [5.41, 5.74) is 3.31. The summed E-state index contributed by atoms with van der Waals surface area (Å²) in [5, 5.41) is 44.3. The molecular formula is C26H35N3O7. The number of aliphatic hydroxyl groups excluding tert-OH is 2. The highest BCUT2D eigenvalue weighted by Gasteiger charge is 2.64. The number of phenolic OH excluding ortho intramolecular Hbond substituents is 1. The van der Waals surface area contributed by atoms with Gasteiger partial charge in [0, 0.05) is 30.3 Å². The topological polar surface area (TPSA) is 165 Å². The number of fused-ring (bicyclic) bond motifs is 3. The minimum absolute atomic E-state index is 0. The van der Waals surface area contributed by atoms with E-state index in [1.54, 1.807) is 20.2 Å². The van der Waals surface area contributed by atoms with E-state index in [4.69, 9.17) is 5.73 Å². The van der Waals surface area contributed by atoms with Gasteiger partial charge in [-0.3, -0.25) is 19.3 Å². The van der Waals surface area contributed by atoms with Crippen LogP contribution in [-0.4, -0.2) is 81.6 Å². The van der Waals surface area contributed by atoms with E-state index in [2.05, 4.69) is 4.90 Å². The monoisotopic (exact) mass is 501 g/mol. The van der Waals surface area contributed by atoms with Gasteiger partial charge in [0.2, 0.25) is 5.78 Å². The number of aromatic hydroxyl groups is 1. The van der Waals surface area contributed by atoms with Crippen LogP contribution in [0.3, 0.4) is 0 Å². The molecule has 4 atom stereocenters. The van der Waals surface area contributed by atoms with Gasteiger partial charge in [-0.25, -0.2) is 0 Å². The quantitative estimate of drug-likeness (QED) is 0.376. The molecule has 1 amide bonds. The van der Waals surface area contributed by atoms with E-state index < -0.39 is 58.0 Å². The molecule has 0 aromatic heterocycles. The van der Waals surface area contributed by atoms with Gasteiger partial charge in [0.05, 0.1) is 11.6 Å². The molecule has 10 nitrogen and oxygen atoms in total. The Bertz CT molecular complexity index is 1200. The Morgan fingerprint density at radius 1 is 1.14 bits per heavy atom. The number of carbonyl (C=O) groups is 3. The predicted molar refractivity (Wildman–Crippen MR) is 135 cm³/mol. The number of hydrogen-bond donors (Lipinski definition) is 5. The summed E-state index contributed by atoms with van der Waals surface area (Å²) in [6.07, 6.45) is 0.341. The lowest BCUT2D eigenvalue weighted by Crippen LogP contribution is -2.65. The molecule has 36 heavy (non-hydrogen) atoms. The highest BCUT2D eigenvalue weighted by Crippen LogP contribution is 2.53. The van der Waals surface area contributed by atoms with Crippen LogP contribution < -0.4 is 10.6 Å². The van der Waals surface area contributed by atoms with Crippen molar-refractivity contribution >= 4 is 28.9 Å². The minimum Gasteiger partial charge on any atom is -0.508 e. The van der Waals surface area contributed by atoms with Gasteiger partial charge in [0.25, 0.3) is 5.91 Å². The van der Waals surface area contributed by atoms with Crippen LogP contribution in [0.2, 0.25) is 0 Å². The molecule has 0 aliphatic heterocycles. The summed E-state index contributed by atoms with van der Waals surface area (Å²) >= 11 is 0. The van der Waals surface area contributed by atoms with Crippen LogP contribution in [0.4, 0.5) is 5.69 Å². The zero-order chi connectivity index (χ0) is 26.0. The second-order valence-corrected chi connectivity index (χ2v) is 9.59. The average Bonchev–Trinajstić information content (AvgIpc) is 2.78. The van der Waals surface area contributed by atoms with Crippen molar-refractivity contribution in [1.29, 1.82) is 0 Å². The van der Waals surface area contributed by atoms with Crippen LogP contribution in [0, 0.1) is 11.8 Å². The largest absolute Gasteiger partial charge is 0.508 e. The molecule has 1 aromatic rings. The lowest BCUT2D eigenvalue weighted by Gasteiger charge is -2.50. The molecule has 4 rings (SSSR count). The molecule has 3 aliphatic rings. The number of benzene rings is 1. The fourth-order valence-electron chi connectivity index (χ4n) is 6.09. The normalized spacial score (nSPS) is 27.3. The van der Waals surface area contributed by atoms with Crippen molar-refractivity contribution in [2.45, 2.75) is 45.8 Å². The average molecular weight is 502 g/mol. The van der Waals surface area contributed by atoms with Crippen molar-refractivity contribution in [3.05, 3.63) is 40.2 Å². The van der Waals surface area contributed by atoms with Crippen molar-refractivity contribution in [3.8, 4) is 5.75 Å². The molecule has 0 radical (unpaired) electrons. The molecule has 0 unspecified atom stereocenters. The molecule has 10 heteroatoms. The van der Waals surface area contributed by atoms with Crippen LogP contribution in [-0.2, 0) is 20.8 Å². The SMILES string of the molecule is C.CCN(CC)c1ccc(O)c2c1C[C@H]1C[C@H]3[C@H](N(C)C)C(=O)C(C(N)=O)=C(O)[C@@]3(O)C(=O)C1=C2O. The van der Waals surface area contributed by atoms with Gasteiger partial charge in [-0.2, -0.15) is 0 Å². The lowest BCUT2D eigenvalue weighted by atomic mass is 9.57. The Balaban J connectivity index is 0.00000361. The molecular weight excluding hydrogens is 466 g/mol. The Labute approximate surface area is 210 Å². The Hall–Kier alpha value is -3.37. The van der Waals surface area contributed by atoms with E-state index in [-0.39, 0.29) is 37.2 Å². The molecule has 1 fully saturated rings. The third-order valence-corrected chi connectivity index (χ3v) is 7.68. The van der Waals surface area contributed by atoms with E-state index >= 15 is 0 Å². The van der Waals surface area contributed by atoms with Crippen molar-refractivity contribution in [2.75, 3.05) is 32.1 Å². The maximum atomic E-state index is 13.8. The number of phenols is 1. The summed E-state index contributed by atoms with van der Waals surface area (Å²) in [6.45, 7) is 5.33.